The number of rotatable bonds is 1. The van der Waals surface area contributed by atoms with E-state index in [0.717, 1.165) is 5.69 Å². The van der Waals surface area contributed by atoms with Crippen LogP contribution in [0.3, 0.4) is 0 Å². The molecule has 2 nitrogen and oxygen atoms in total. The van der Waals surface area contributed by atoms with E-state index in [2.05, 4.69) is 17.6 Å². The second-order valence-electron chi connectivity index (χ2n) is 3.29. The smallest absolute Gasteiger partial charge is 0.0519 e. The molecule has 0 atom stereocenters. The number of aryl methyl sites for hydroxylation is 1. The molecular formula is C10H14N2. The molecule has 1 aliphatic carbocycles. The van der Waals surface area contributed by atoms with Crippen LogP contribution >= 0.6 is 0 Å². The Balaban J connectivity index is 2.44. The first kappa shape index (κ1) is 7.62. The number of hydrazine groups is 1. The molecule has 0 aromatic heterocycles. The minimum absolute atomic E-state index is 1.10. The molecule has 0 amide bonds. The lowest BCUT2D eigenvalue weighted by Gasteiger charge is -2.18. The summed E-state index contributed by atoms with van der Waals surface area (Å²) in [5, 5.41) is 0. The number of nitrogens with one attached hydrogen (secondary N) is 1. The van der Waals surface area contributed by atoms with Gasteiger partial charge in [-0.1, -0.05) is 12.1 Å². The molecule has 0 saturated carbocycles. The standard InChI is InChI=1S/C10H14N2/c11-12-10-7-3-5-8-4-1-2-6-9(8)10/h3,5,7,12H,1-2,4,6,11H2. The van der Waals surface area contributed by atoms with Crippen molar-refractivity contribution in [3.05, 3.63) is 29.3 Å². The lowest BCUT2D eigenvalue weighted by Crippen LogP contribution is -2.12. The second kappa shape index (κ2) is 3.15. The predicted octanol–water partition coefficient (Wildman–Crippen LogP) is 1.85. The van der Waals surface area contributed by atoms with Crippen LogP contribution in [0.4, 0.5) is 5.69 Å². The van der Waals surface area contributed by atoms with Gasteiger partial charge in [-0.25, -0.2) is 0 Å². The number of fused-ring (bicyclic) bond motifs is 1. The molecule has 2 heteroatoms. The highest BCUT2D eigenvalue weighted by Gasteiger charge is 2.11. The van der Waals surface area contributed by atoms with Gasteiger partial charge in [-0.15, -0.1) is 0 Å². The second-order valence-corrected chi connectivity index (χ2v) is 3.29. The summed E-state index contributed by atoms with van der Waals surface area (Å²) in [7, 11) is 0. The first-order valence-electron chi connectivity index (χ1n) is 4.49. The Labute approximate surface area is 72.7 Å². The monoisotopic (exact) mass is 162 g/mol. The van der Waals surface area contributed by atoms with Crippen LogP contribution in [0.2, 0.25) is 0 Å². The van der Waals surface area contributed by atoms with Crippen LogP contribution in [0.1, 0.15) is 24.0 Å². The van der Waals surface area contributed by atoms with Crippen LogP contribution in [0.5, 0.6) is 0 Å². The average molecular weight is 162 g/mol. The van der Waals surface area contributed by atoms with Crippen LogP contribution in [0.15, 0.2) is 18.2 Å². The normalized spacial score (nSPS) is 15.4. The zero-order valence-corrected chi connectivity index (χ0v) is 7.14. The largest absolute Gasteiger partial charge is 0.324 e. The Kier molecular flexibility index (Phi) is 2.00. The molecule has 12 heavy (non-hydrogen) atoms. The van der Waals surface area contributed by atoms with Gasteiger partial charge in [-0.05, 0) is 42.9 Å². The van der Waals surface area contributed by atoms with E-state index >= 15 is 0 Å². The first-order chi connectivity index (χ1) is 5.92. The number of anilines is 1. The minimum Gasteiger partial charge on any atom is -0.324 e. The molecular weight excluding hydrogens is 148 g/mol. The van der Waals surface area contributed by atoms with Crippen molar-refractivity contribution < 1.29 is 0 Å². The summed E-state index contributed by atoms with van der Waals surface area (Å²) in [5.41, 5.74) is 6.75. The van der Waals surface area contributed by atoms with Crippen molar-refractivity contribution in [2.45, 2.75) is 25.7 Å². The fraction of sp³-hybridized carbons (Fsp3) is 0.400. The molecule has 0 fully saturated rings. The molecule has 0 heterocycles. The van der Waals surface area contributed by atoms with E-state index in [0.29, 0.717) is 0 Å². The maximum absolute atomic E-state index is 5.42. The molecule has 0 radical (unpaired) electrons. The highest BCUT2D eigenvalue weighted by atomic mass is 15.2. The van der Waals surface area contributed by atoms with E-state index in [1.165, 1.54) is 36.8 Å². The van der Waals surface area contributed by atoms with E-state index in [4.69, 9.17) is 5.84 Å². The van der Waals surface area contributed by atoms with Crippen molar-refractivity contribution in [2.24, 2.45) is 5.84 Å². The van der Waals surface area contributed by atoms with Crippen molar-refractivity contribution >= 4 is 5.69 Å². The molecule has 1 aromatic carbocycles. The van der Waals surface area contributed by atoms with Crippen LogP contribution in [-0.4, -0.2) is 0 Å². The van der Waals surface area contributed by atoms with Crippen LogP contribution in [0, 0.1) is 0 Å². The number of benzene rings is 1. The zero-order chi connectivity index (χ0) is 8.39. The molecule has 64 valence electrons. The quantitative estimate of drug-likeness (QED) is 0.488. The van der Waals surface area contributed by atoms with E-state index < -0.39 is 0 Å². The molecule has 1 aromatic rings. The molecule has 0 spiro atoms. The summed E-state index contributed by atoms with van der Waals surface area (Å²) in [6.07, 6.45) is 5.01. The maximum atomic E-state index is 5.42. The van der Waals surface area contributed by atoms with Gasteiger partial charge in [0.1, 0.15) is 0 Å². The Morgan fingerprint density at radius 3 is 2.83 bits per heavy atom. The molecule has 1 aliphatic rings. The highest BCUT2D eigenvalue weighted by molar-refractivity contribution is 5.54. The molecule has 2 rings (SSSR count). The molecule has 0 bridgehead atoms. The first-order valence-corrected chi connectivity index (χ1v) is 4.49. The summed E-state index contributed by atoms with van der Waals surface area (Å²) in [6, 6.07) is 6.32. The van der Waals surface area contributed by atoms with Gasteiger partial charge >= 0.3 is 0 Å². The van der Waals surface area contributed by atoms with Gasteiger partial charge < -0.3 is 5.43 Å². The van der Waals surface area contributed by atoms with E-state index in [9.17, 15) is 0 Å². The fourth-order valence-electron chi connectivity index (χ4n) is 1.92. The minimum atomic E-state index is 1.10. The molecule has 3 N–H and O–H groups in total. The Bertz CT molecular complexity index is 267. The number of hydrogen-bond donors (Lipinski definition) is 2. The van der Waals surface area contributed by atoms with Crippen LogP contribution in [-0.2, 0) is 12.8 Å². The van der Waals surface area contributed by atoms with Gasteiger partial charge in [-0.2, -0.15) is 0 Å². The third-order valence-corrected chi connectivity index (χ3v) is 2.55. The van der Waals surface area contributed by atoms with E-state index in [1.807, 2.05) is 6.07 Å². The summed E-state index contributed by atoms with van der Waals surface area (Å²) < 4.78 is 0. The lowest BCUT2D eigenvalue weighted by atomic mass is 9.91. The van der Waals surface area contributed by atoms with Gasteiger partial charge in [-0.3, -0.25) is 5.84 Å². The van der Waals surface area contributed by atoms with Gasteiger partial charge in [0, 0.05) is 0 Å². The number of nitrogen functional groups attached to an aromatic ring is 1. The predicted molar refractivity (Wildman–Crippen MR) is 50.9 cm³/mol. The summed E-state index contributed by atoms with van der Waals surface area (Å²) >= 11 is 0. The van der Waals surface area contributed by atoms with E-state index in [-0.39, 0.29) is 0 Å². The van der Waals surface area contributed by atoms with Gasteiger partial charge in [0.25, 0.3) is 0 Å². The van der Waals surface area contributed by atoms with Gasteiger partial charge in [0.15, 0.2) is 0 Å². The van der Waals surface area contributed by atoms with Crippen molar-refractivity contribution in [2.75, 3.05) is 5.43 Å². The van der Waals surface area contributed by atoms with Crippen molar-refractivity contribution in [1.29, 1.82) is 0 Å². The summed E-state index contributed by atoms with van der Waals surface area (Å²) in [6.45, 7) is 0. The summed E-state index contributed by atoms with van der Waals surface area (Å²) in [5.74, 6) is 5.42. The molecule has 0 saturated heterocycles. The van der Waals surface area contributed by atoms with Crippen LogP contribution < -0.4 is 11.3 Å². The van der Waals surface area contributed by atoms with Gasteiger partial charge in [0.2, 0.25) is 0 Å². The number of nitrogens with two attached hydrogens (primary N) is 1. The zero-order valence-electron chi connectivity index (χ0n) is 7.14. The molecule has 0 aliphatic heterocycles. The van der Waals surface area contributed by atoms with Gasteiger partial charge in [0.05, 0.1) is 5.69 Å². The highest BCUT2D eigenvalue weighted by Crippen LogP contribution is 2.26. The average Bonchev–Trinajstić information content (AvgIpc) is 2.17. The topological polar surface area (TPSA) is 38.0 Å². The Morgan fingerprint density at radius 2 is 2.00 bits per heavy atom. The fourth-order valence-corrected chi connectivity index (χ4v) is 1.92. The Hall–Kier alpha value is -1.02. The molecule has 0 unspecified atom stereocenters. The maximum Gasteiger partial charge on any atom is 0.0519 e. The van der Waals surface area contributed by atoms with E-state index in [1.54, 1.807) is 0 Å². The van der Waals surface area contributed by atoms with Crippen molar-refractivity contribution in [3.8, 4) is 0 Å². The third-order valence-electron chi connectivity index (χ3n) is 2.55. The van der Waals surface area contributed by atoms with Crippen molar-refractivity contribution in [3.63, 3.8) is 0 Å². The Morgan fingerprint density at radius 1 is 1.17 bits per heavy atom. The SMILES string of the molecule is NNc1cccc2c1CCCC2. The van der Waals surface area contributed by atoms with Crippen molar-refractivity contribution in [1.82, 2.24) is 0 Å². The lowest BCUT2D eigenvalue weighted by molar-refractivity contribution is 0.686. The third kappa shape index (κ3) is 1.18. The number of hydrogen-bond acceptors (Lipinski definition) is 2. The van der Waals surface area contributed by atoms with Crippen LogP contribution in [0.25, 0.3) is 0 Å². The summed E-state index contributed by atoms with van der Waals surface area (Å²) in [4.78, 5) is 0.